The molecule has 1 atom stereocenters. The van der Waals surface area contributed by atoms with E-state index in [1.54, 1.807) is 11.8 Å². The lowest BCUT2D eigenvalue weighted by Crippen LogP contribution is -2.51. The van der Waals surface area contributed by atoms with E-state index in [0.717, 1.165) is 27.8 Å². The van der Waals surface area contributed by atoms with Gasteiger partial charge in [0.2, 0.25) is 5.91 Å². The van der Waals surface area contributed by atoms with Gasteiger partial charge in [0, 0.05) is 18.4 Å². The molecule has 4 rings (SSSR count). The number of fused-ring (bicyclic) bond motifs is 1. The second-order valence-electron chi connectivity index (χ2n) is 7.71. The van der Waals surface area contributed by atoms with E-state index in [9.17, 15) is 10.1 Å². The monoisotopic (exact) mass is 397 g/mol. The Morgan fingerprint density at radius 1 is 1.21 bits per heavy atom. The number of thioether (sulfide) groups is 1. The lowest BCUT2D eigenvalue weighted by Gasteiger charge is -2.44. The molecule has 0 N–H and O–H groups in total. The summed E-state index contributed by atoms with van der Waals surface area (Å²) in [6.07, 6.45) is 6.70. The van der Waals surface area contributed by atoms with Crippen LogP contribution in [0.1, 0.15) is 56.9 Å². The molecule has 148 valence electrons. The topological polar surface area (TPSA) is 56.6 Å². The summed E-state index contributed by atoms with van der Waals surface area (Å²) in [6.45, 7) is 3.21. The van der Waals surface area contributed by atoms with Crippen LogP contribution in [0.25, 0.3) is 0 Å². The Balaban J connectivity index is 1.57. The number of nitriles is 1. The molecule has 5 nitrogen and oxygen atoms in total. The van der Waals surface area contributed by atoms with Gasteiger partial charge in [-0.3, -0.25) is 14.6 Å². The summed E-state index contributed by atoms with van der Waals surface area (Å²) in [4.78, 5) is 17.3. The van der Waals surface area contributed by atoms with E-state index in [2.05, 4.69) is 11.0 Å². The van der Waals surface area contributed by atoms with E-state index in [0.29, 0.717) is 25.7 Å². The number of carbonyl (C=O) groups excluding carboxylic acids is 1. The Labute approximate surface area is 171 Å². The molecular weight excluding hydrogens is 370 g/mol. The Morgan fingerprint density at radius 2 is 1.96 bits per heavy atom. The van der Waals surface area contributed by atoms with Crippen LogP contribution in [0.15, 0.2) is 34.9 Å². The van der Waals surface area contributed by atoms with E-state index in [-0.39, 0.29) is 11.8 Å². The van der Waals surface area contributed by atoms with Gasteiger partial charge in [-0.1, -0.05) is 43.2 Å². The Hall–Kier alpha value is -1.97. The molecule has 1 aliphatic carbocycles. The average Bonchev–Trinajstić information content (AvgIpc) is 2.75. The smallest absolute Gasteiger partial charge is 0.229 e. The number of amides is 1. The van der Waals surface area contributed by atoms with Crippen molar-refractivity contribution in [2.24, 2.45) is 0 Å². The zero-order valence-electron chi connectivity index (χ0n) is 16.4. The SMILES string of the molecule is CCOc1ccc([C@@H]2CC(=O)N3CN(C4CCCCC4)CSC3=C2C#N)cc1. The number of benzene rings is 1. The van der Waals surface area contributed by atoms with Crippen molar-refractivity contribution in [3.8, 4) is 11.8 Å². The number of hydrogen-bond donors (Lipinski definition) is 0. The highest BCUT2D eigenvalue weighted by Gasteiger charge is 2.39. The van der Waals surface area contributed by atoms with Crippen molar-refractivity contribution < 1.29 is 9.53 Å². The van der Waals surface area contributed by atoms with E-state index < -0.39 is 0 Å². The molecule has 2 aliphatic heterocycles. The van der Waals surface area contributed by atoms with Crippen LogP contribution in [0, 0.1) is 11.3 Å². The maximum absolute atomic E-state index is 13.0. The number of hydrogen-bond acceptors (Lipinski definition) is 5. The molecule has 1 aromatic rings. The lowest BCUT2D eigenvalue weighted by atomic mass is 9.86. The Bertz CT molecular complexity index is 793. The summed E-state index contributed by atoms with van der Waals surface area (Å²) < 4.78 is 5.52. The predicted octanol–water partition coefficient (Wildman–Crippen LogP) is 4.43. The molecule has 1 saturated carbocycles. The fourth-order valence-electron chi connectivity index (χ4n) is 4.50. The fourth-order valence-corrected chi connectivity index (χ4v) is 5.74. The van der Waals surface area contributed by atoms with Gasteiger partial charge in [-0.25, -0.2) is 0 Å². The number of ether oxygens (including phenoxy) is 1. The third-order valence-electron chi connectivity index (χ3n) is 6.00. The maximum atomic E-state index is 13.0. The van der Waals surface area contributed by atoms with Gasteiger partial charge in [0.05, 0.1) is 35.8 Å². The Kier molecular flexibility index (Phi) is 5.93. The van der Waals surface area contributed by atoms with Crippen LogP contribution >= 0.6 is 11.8 Å². The molecule has 1 aromatic carbocycles. The van der Waals surface area contributed by atoms with Gasteiger partial charge in [0.1, 0.15) is 5.75 Å². The van der Waals surface area contributed by atoms with Crippen LogP contribution in [0.5, 0.6) is 5.75 Å². The van der Waals surface area contributed by atoms with Crippen LogP contribution in [-0.2, 0) is 4.79 Å². The lowest BCUT2D eigenvalue weighted by molar-refractivity contribution is -0.132. The van der Waals surface area contributed by atoms with Crippen molar-refractivity contribution in [2.75, 3.05) is 19.2 Å². The van der Waals surface area contributed by atoms with Crippen LogP contribution in [0.2, 0.25) is 0 Å². The summed E-state index contributed by atoms with van der Waals surface area (Å²) in [7, 11) is 0. The van der Waals surface area contributed by atoms with E-state index in [1.807, 2.05) is 36.1 Å². The first-order valence-corrected chi connectivity index (χ1v) is 11.2. The van der Waals surface area contributed by atoms with Gasteiger partial charge in [0.25, 0.3) is 0 Å². The average molecular weight is 398 g/mol. The number of allylic oxidation sites excluding steroid dienone is 1. The van der Waals surface area contributed by atoms with E-state index >= 15 is 0 Å². The number of nitrogens with zero attached hydrogens (tertiary/aromatic N) is 3. The number of carbonyl (C=O) groups is 1. The first kappa shape index (κ1) is 19.4. The molecule has 28 heavy (non-hydrogen) atoms. The van der Waals surface area contributed by atoms with Crippen molar-refractivity contribution in [1.29, 1.82) is 5.26 Å². The van der Waals surface area contributed by atoms with Gasteiger partial charge < -0.3 is 4.74 Å². The molecule has 0 bridgehead atoms. The van der Waals surface area contributed by atoms with E-state index in [4.69, 9.17) is 4.74 Å². The largest absolute Gasteiger partial charge is 0.494 e. The minimum atomic E-state index is -0.159. The van der Waals surface area contributed by atoms with Gasteiger partial charge in [-0.05, 0) is 37.5 Å². The minimum absolute atomic E-state index is 0.126. The molecule has 1 saturated heterocycles. The molecule has 3 aliphatic rings. The van der Waals surface area contributed by atoms with Gasteiger partial charge in [-0.15, -0.1) is 0 Å². The van der Waals surface area contributed by atoms with E-state index in [1.165, 1.54) is 32.1 Å². The van der Waals surface area contributed by atoms with Crippen molar-refractivity contribution in [2.45, 2.75) is 57.4 Å². The minimum Gasteiger partial charge on any atom is -0.494 e. The summed E-state index contributed by atoms with van der Waals surface area (Å²) in [5.41, 5.74) is 1.74. The Morgan fingerprint density at radius 3 is 2.64 bits per heavy atom. The van der Waals surface area contributed by atoms with Gasteiger partial charge in [0.15, 0.2) is 0 Å². The quantitative estimate of drug-likeness (QED) is 0.752. The molecule has 0 aromatic heterocycles. The van der Waals surface area contributed by atoms with Crippen molar-refractivity contribution in [1.82, 2.24) is 9.80 Å². The zero-order chi connectivity index (χ0) is 19.5. The van der Waals surface area contributed by atoms with Gasteiger partial charge in [-0.2, -0.15) is 5.26 Å². The predicted molar refractivity (Wildman–Crippen MR) is 110 cm³/mol. The molecule has 1 amide bonds. The molecule has 2 fully saturated rings. The summed E-state index contributed by atoms with van der Waals surface area (Å²) in [5.74, 6) is 1.65. The fraction of sp³-hybridized carbons (Fsp3) is 0.545. The van der Waals surface area contributed by atoms with Crippen LogP contribution in [0.3, 0.4) is 0 Å². The highest BCUT2D eigenvalue weighted by Crippen LogP contribution is 2.43. The van der Waals surface area contributed by atoms with Crippen LogP contribution in [0.4, 0.5) is 0 Å². The highest BCUT2D eigenvalue weighted by molar-refractivity contribution is 8.03. The molecule has 2 heterocycles. The second kappa shape index (κ2) is 8.59. The summed E-state index contributed by atoms with van der Waals surface area (Å²) >= 11 is 1.66. The highest BCUT2D eigenvalue weighted by atomic mass is 32.2. The van der Waals surface area contributed by atoms with Crippen LogP contribution < -0.4 is 4.74 Å². The first-order valence-electron chi connectivity index (χ1n) is 10.3. The van der Waals surface area contributed by atoms with Crippen molar-refractivity contribution in [3.63, 3.8) is 0 Å². The summed E-state index contributed by atoms with van der Waals surface area (Å²) in [5, 5.41) is 10.8. The molecule has 0 spiro atoms. The number of rotatable bonds is 4. The normalized spacial score (nSPS) is 24.1. The molecule has 0 unspecified atom stereocenters. The molecule has 0 radical (unpaired) electrons. The molecule has 6 heteroatoms. The second-order valence-corrected chi connectivity index (χ2v) is 8.64. The first-order chi connectivity index (χ1) is 13.7. The standard InChI is InChI=1S/C22H27N3O2S/c1-2-27-18-10-8-16(9-11-18)19-12-21(26)25-14-24(17-6-4-3-5-7-17)15-28-22(25)20(19)13-23/h8-11,17,19H,2-7,12,14-15H2,1H3/t19-/m0/s1. The third-order valence-corrected chi connectivity index (χ3v) is 7.17. The van der Waals surface area contributed by atoms with Gasteiger partial charge >= 0.3 is 0 Å². The maximum Gasteiger partial charge on any atom is 0.229 e. The van der Waals surface area contributed by atoms with Crippen LogP contribution in [-0.4, -0.2) is 40.9 Å². The van der Waals surface area contributed by atoms with Crippen molar-refractivity contribution in [3.05, 3.63) is 40.4 Å². The zero-order valence-corrected chi connectivity index (χ0v) is 17.2. The van der Waals surface area contributed by atoms with Crippen molar-refractivity contribution >= 4 is 17.7 Å². The summed E-state index contributed by atoms with van der Waals surface area (Å²) in [6, 6.07) is 10.8. The third kappa shape index (κ3) is 3.78. The molecular formula is C22H27N3O2S.